The Labute approximate surface area is 177 Å². The Bertz CT molecular complexity index is 888. The van der Waals surface area contributed by atoms with E-state index < -0.39 is 4.92 Å². The summed E-state index contributed by atoms with van der Waals surface area (Å²) in [5.74, 6) is 0.330. The monoisotopic (exact) mass is 410 g/mol. The van der Waals surface area contributed by atoms with E-state index in [1.54, 1.807) is 6.07 Å². The molecular formula is C23H30N4O3. The fourth-order valence-electron chi connectivity index (χ4n) is 3.65. The van der Waals surface area contributed by atoms with Crippen molar-refractivity contribution in [3.05, 3.63) is 63.7 Å². The van der Waals surface area contributed by atoms with Crippen LogP contribution in [-0.4, -0.2) is 49.5 Å². The Morgan fingerprint density at radius 1 is 1.17 bits per heavy atom. The predicted octanol–water partition coefficient (Wildman–Crippen LogP) is 4.19. The summed E-state index contributed by atoms with van der Waals surface area (Å²) in [6.07, 6.45) is 3.03. The SMILES string of the molecule is CC1CCN(c2ccc([N+](=O)[O-])cc2C(=O)Nc2ccc(CCN(C)C)cc2)CC1. The van der Waals surface area contributed by atoms with Gasteiger partial charge in [-0.3, -0.25) is 14.9 Å². The molecule has 30 heavy (non-hydrogen) atoms. The lowest BCUT2D eigenvalue weighted by molar-refractivity contribution is -0.384. The van der Waals surface area contributed by atoms with Gasteiger partial charge in [0.05, 0.1) is 16.2 Å². The van der Waals surface area contributed by atoms with Gasteiger partial charge in [0.15, 0.2) is 0 Å². The molecule has 0 aliphatic carbocycles. The van der Waals surface area contributed by atoms with E-state index in [4.69, 9.17) is 0 Å². The number of likely N-dealkylation sites (N-methyl/N-ethyl adjacent to an activating group) is 1. The molecule has 0 saturated carbocycles. The van der Waals surface area contributed by atoms with E-state index in [2.05, 4.69) is 22.0 Å². The molecule has 1 aliphatic rings. The van der Waals surface area contributed by atoms with Gasteiger partial charge in [0.1, 0.15) is 0 Å². The predicted molar refractivity (Wildman–Crippen MR) is 120 cm³/mol. The first-order chi connectivity index (χ1) is 14.3. The molecule has 7 heteroatoms. The number of hydrogen-bond acceptors (Lipinski definition) is 5. The second kappa shape index (κ2) is 9.71. The molecule has 3 rings (SSSR count). The molecule has 0 bridgehead atoms. The number of piperidine rings is 1. The van der Waals surface area contributed by atoms with E-state index in [0.29, 0.717) is 17.2 Å². The van der Waals surface area contributed by atoms with Crippen molar-refractivity contribution in [3.63, 3.8) is 0 Å². The second-order valence-electron chi connectivity index (χ2n) is 8.33. The van der Waals surface area contributed by atoms with Gasteiger partial charge in [0, 0.05) is 37.5 Å². The van der Waals surface area contributed by atoms with Crippen LogP contribution in [0.2, 0.25) is 0 Å². The lowest BCUT2D eigenvalue weighted by Crippen LogP contribution is -2.34. The summed E-state index contributed by atoms with van der Waals surface area (Å²) in [7, 11) is 4.07. The molecule has 0 spiro atoms. The lowest BCUT2D eigenvalue weighted by Gasteiger charge is -2.33. The fourth-order valence-corrected chi connectivity index (χ4v) is 3.65. The first-order valence-electron chi connectivity index (χ1n) is 10.4. The maximum absolute atomic E-state index is 13.0. The van der Waals surface area contributed by atoms with Gasteiger partial charge in [-0.15, -0.1) is 0 Å². The Morgan fingerprint density at radius 2 is 1.83 bits per heavy atom. The minimum Gasteiger partial charge on any atom is -0.371 e. The van der Waals surface area contributed by atoms with Crippen molar-refractivity contribution >= 4 is 23.0 Å². The lowest BCUT2D eigenvalue weighted by atomic mass is 9.98. The summed E-state index contributed by atoms with van der Waals surface area (Å²) in [4.78, 5) is 28.1. The molecule has 2 aromatic carbocycles. The highest BCUT2D eigenvalue weighted by molar-refractivity contribution is 6.08. The van der Waals surface area contributed by atoms with Gasteiger partial charge in [-0.05, 0) is 63.0 Å². The first kappa shape index (κ1) is 21.8. The van der Waals surface area contributed by atoms with Gasteiger partial charge >= 0.3 is 0 Å². The van der Waals surface area contributed by atoms with Crippen LogP contribution in [0.5, 0.6) is 0 Å². The van der Waals surface area contributed by atoms with Crippen molar-refractivity contribution in [2.24, 2.45) is 5.92 Å². The van der Waals surface area contributed by atoms with Crippen molar-refractivity contribution in [1.29, 1.82) is 0 Å². The number of non-ortho nitro benzene ring substituents is 1. The molecule has 7 nitrogen and oxygen atoms in total. The molecule has 0 unspecified atom stereocenters. The number of nitrogens with one attached hydrogen (secondary N) is 1. The number of nitrogens with zero attached hydrogens (tertiary/aromatic N) is 3. The summed E-state index contributed by atoms with van der Waals surface area (Å²) in [5, 5.41) is 14.2. The molecule has 1 N–H and O–H groups in total. The largest absolute Gasteiger partial charge is 0.371 e. The second-order valence-corrected chi connectivity index (χ2v) is 8.33. The maximum atomic E-state index is 13.0. The normalized spacial score (nSPS) is 14.7. The number of nitro benzene ring substituents is 1. The van der Waals surface area contributed by atoms with Crippen molar-refractivity contribution in [2.75, 3.05) is 43.9 Å². The standard InChI is InChI=1S/C23H30N4O3/c1-17-10-14-26(15-11-17)22-9-8-20(27(29)30)16-21(22)23(28)24-19-6-4-18(5-7-19)12-13-25(2)3/h4-9,16-17H,10-15H2,1-3H3,(H,24,28). The fraction of sp³-hybridized carbons (Fsp3) is 0.435. The number of anilines is 2. The van der Waals surface area contributed by atoms with Crippen molar-refractivity contribution in [2.45, 2.75) is 26.2 Å². The van der Waals surface area contributed by atoms with E-state index >= 15 is 0 Å². The van der Waals surface area contributed by atoms with Gasteiger partial charge in [-0.25, -0.2) is 0 Å². The molecule has 1 fully saturated rings. The first-order valence-corrected chi connectivity index (χ1v) is 10.4. The molecule has 0 atom stereocenters. The molecule has 1 amide bonds. The number of rotatable bonds is 7. The van der Waals surface area contributed by atoms with Gasteiger partial charge < -0.3 is 15.1 Å². The van der Waals surface area contributed by atoms with Crippen LogP contribution in [0.1, 0.15) is 35.7 Å². The van der Waals surface area contributed by atoms with Crippen molar-refractivity contribution in [3.8, 4) is 0 Å². The third-order valence-corrected chi connectivity index (χ3v) is 5.62. The number of amides is 1. The van der Waals surface area contributed by atoms with Crippen LogP contribution in [0.3, 0.4) is 0 Å². The van der Waals surface area contributed by atoms with E-state index in [1.807, 2.05) is 38.4 Å². The Kier molecular flexibility index (Phi) is 7.05. The zero-order valence-corrected chi connectivity index (χ0v) is 17.9. The summed E-state index contributed by atoms with van der Waals surface area (Å²) < 4.78 is 0. The van der Waals surface area contributed by atoms with Crippen molar-refractivity contribution in [1.82, 2.24) is 4.90 Å². The van der Waals surface area contributed by atoms with Gasteiger partial charge in [-0.1, -0.05) is 19.1 Å². The highest BCUT2D eigenvalue weighted by atomic mass is 16.6. The zero-order valence-electron chi connectivity index (χ0n) is 17.9. The number of nitro groups is 1. The van der Waals surface area contributed by atoms with E-state index in [9.17, 15) is 14.9 Å². The highest BCUT2D eigenvalue weighted by Crippen LogP contribution is 2.30. The average molecular weight is 411 g/mol. The maximum Gasteiger partial charge on any atom is 0.270 e. The van der Waals surface area contributed by atoms with Crippen LogP contribution in [0, 0.1) is 16.0 Å². The van der Waals surface area contributed by atoms with E-state index in [1.165, 1.54) is 17.7 Å². The molecule has 1 aliphatic heterocycles. The van der Waals surface area contributed by atoms with E-state index in [0.717, 1.165) is 44.6 Å². The molecule has 0 aromatic heterocycles. The highest BCUT2D eigenvalue weighted by Gasteiger charge is 2.23. The summed E-state index contributed by atoms with van der Waals surface area (Å²) in [5.41, 5.74) is 2.90. The van der Waals surface area contributed by atoms with Crippen LogP contribution in [0.15, 0.2) is 42.5 Å². The van der Waals surface area contributed by atoms with Gasteiger partial charge in [0.25, 0.3) is 11.6 Å². The number of hydrogen-bond donors (Lipinski definition) is 1. The van der Waals surface area contributed by atoms with Gasteiger partial charge in [-0.2, -0.15) is 0 Å². The van der Waals surface area contributed by atoms with Gasteiger partial charge in [0.2, 0.25) is 0 Å². The van der Waals surface area contributed by atoms with Crippen LogP contribution >= 0.6 is 0 Å². The van der Waals surface area contributed by atoms with Crippen LogP contribution < -0.4 is 10.2 Å². The third kappa shape index (κ3) is 5.57. The summed E-state index contributed by atoms with van der Waals surface area (Å²) in [6, 6.07) is 12.3. The molecule has 1 heterocycles. The number of benzene rings is 2. The van der Waals surface area contributed by atoms with Crippen LogP contribution in [0.4, 0.5) is 17.1 Å². The molecule has 0 radical (unpaired) electrons. The summed E-state index contributed by atoms with van der Waals surface area (Å²) >= 11 is 0. The van der Waals surface area contributed by atoms with E-state index in [-0.39, 0.29) is 11.6 Å². The minimum atomic E-state index is -0.460. The van der Waals surface area contributed by atoms with Crippen LogP contribution in [-0.2, 0) is 6.42 Å². The Morgan fingerprint density at radius 3 is 2.43 bits per heavy atom. The smallest absolute Gasteiger partial charge is 0.270 e. The molecular weight excluding hydrogens is 380 g/mol. The van der Waals surface area contributed by atoms with Crippen molar-refractivity contribution < 1.29 is 9.72 Å². The number of carbonyl (C=O) groups excluding carboxylic acids is 1. The quantitative estimate of drug-likeness (QED) is 0.547. The Hall–Kier alpha value is -2.93. The summed E-state index contributed by atoms with van der Waals surface area (Å²) in [6.45, 7) is 4.87. The third-order valence-electron chi connectivity index (χ3n) is 5.62. The topological polar surface area (TPSA) is 78.7 Å². The Balaban J connectivity index is 1.79. The number of carbonyl (C=O) groups is 1. The average Bonchev–Trinajstić information content (AvgIpc) is 2.73. The minimum absolute atomic E-state index is 0.0756. The zero-order chi connectivity index (χ0) is 21.7. The molecule has 2 aromatic rings. The van der Waals surface area contributed by atoms with Crippen LogP contribution in [0.25, 0.3) is 0 Å². The molecule has 1 saturated heterocycles. The molecule has 160 valence electrons.